The van der Waals surface area contributed by atoms with E-state index in [1.165, 1.54) is 17.6 Å². The van der Waals surface area contributed by atoms with Gasteiger partial charge in [-0.3, -0.25) is 0 Å². The molecule has 0 fully saturated rings. The molecule has 0 spiro atoms. The molecule has 132 valence electrons. The molecule has 0 nitrogen and oxygen atoms in total. The van der Waals surface area contributed by atoms with Gasteiger partial charge in [0.05, 0.1) is 0 Å². The molecular formula is C20H30Cl2SiZr. The van der Waals surface area contributed by atoms with Gasteiger partial charge in [0.15, 0.2) is 0 Å². The van der Waals surface area contributed by atoms with Crippen molar-refractivity contribution < 1.29 is 45.1 Å². The van der Waals surface area contributed by atoms with E-state index in [2.05, 4.69) is 78.6 Å². The van der Waals surface area contributed by atoms with Crippen LogP contribution in [0.25, 0.3) is 6.08 Å². The van der Waals surface area contributed by atoms with E-state index in [0.29, 0.717) is 3.63 Å². The average Bonchev–Trinajstić information content (AvgIpc) is 3.05. The van der Waals surface area contributed by atoms with Crippen molar-refractivity contribution in [3.63, 3.8) is 0 Å². The zero-order chi connectivity index (χ0) is 15.3. The van der Waals surface area contributed by atoms with Crippen LogP contribution in [0.4, 0.5) is 0 Å². The van der Waals surface area contributed by atoms with Crippen LogP contribution >= 0.6 is 0 Å². The summed E-state index contributed by atoms with van der Waals surface area (Å²) in [6, 6.07) is 8.95. The molecule has 0 N–H and O–H groups in total. The maximum atomic E-state index is 2.61. The Morgan fingerprint density at radius 3 is 2.25 bits per heavy atom. The van der Waals surface area contributed by atoms with Gasteiger partial charge in [-0.1, -0.05) is 0 Å². The Kier molecular flexibility index (Phi) is 8.71. The van der Waals surface area contributed by atoms with E-state index in [1.54, 1.807) is 8.84 Å². The SMILES string of the molecule is CC(C)(C)C1=CC[C]([Zr+2]([CH3])([CH3])[CH]2C=Cc3ccccc32)=C1.[Cl-].[Cl-].[SiH4]. The molecule has 24 heavy (non-hydrogen) atoms. The molecule has 3 rings (SSSR count). The van der Waals surface area contributed by atoms with E-state index < -0.39 is 20.3 Å². The molecule has 0 aliphatic heterocycles. The minimum Gasteiger partial charge on any atom is -1.00 e. The van der Waals surface area contributed by atoms with Crippen LogP contribution in [0.2, 0.25) is 9.26 Å². The topological polar surface area (TPSA) is 0 Å². The second-order valence-electron chi connectivity index (χ2n) is 7.97. The van der Waals surface area contributed by atoms with E-state index >= 15 is 0 Å². The standard InChI is InChI=1S/C9H7.C9H13.2CH3.2ClH.H4Si.Zr/c1-2-5-9-7-3-6-8(9)4-1;1-9(2,3)8-6-4-5-7-8;;;;;;/h1-7H;6-7H,4H2,1-3H3;2*1H3;2*1H;1H4;/q;;;;;;;+2/p-2. The van der Waals surface area contributed by atoms with Crippen LogP contribution in [0, 0.1) is 5.41 Å². The first-order valence-electron chi connectivity index (χ1n) is 7.99. The van der Waals surface area contributed by atoms with E-state index in [0.717, 1.165) is 0 Å². The van der Waals surface area contributed by atoms with Crippen LogP contribution in [0.1, 0.15) is 41.9 Å². The predicted molar refractivity (Wildman–Crippen MR) is 102 cm³/mol. The van der Waals surface area contributed by atoms with Crippen LogP contribution < -0.4 is 24.8 Å². The fourth-order valence-corrected chi connectivity index (χ4v) is 11.4. The Bertz CT molecular complexity index is 666. The molecule has 4 heteroatoms. The van der Waals surface area contributed by atoms with Gasteiger partial charge in [-0.2, -0.15) is 0 Å². The summed E-state index contributed by atoms with van der Waals surface area (Å²) in [5.74, 6) is 0. The molecule has 1 aromatic carbocycles. The molecule has 2 aliphatic rings. The number of fused-ring (bicyclic) bond motifs is 1. The van der Waals surface area contributed by atoms with Gasteiger partial charge in [-0.05, 0) is 11.0 Å². The molecule has 1 aromatic rings. The summed E-state index contributed by atoms with van der Waals surface area (Å²) in [7, 11) is 0. The third-order valence-electron chi connectivity index (χ3n) is 5.14. The molecule has 0 bridgehead atoms. The Hall–Kier alpha value is 0.120. The smallest absolute Gasteiger partial charge is 0.0149 e. The van der Waals surface area contributed by atoms with Crippen molar-refractivity contribution in [1.29, 1.82) is 0 Å². The van der Waals surface area contributed by atoms with Crippen molar-refractivity contribution in [2.75, 3.05) is 0 Å². The van der Waals surface area contributed by atoms with Crippen molar-refractivity contribution in [3.05, 3.63) is 62.5 Å². The van der Waals surface area contributed by atoms with Gasteiger partial charge in [0, 0.05) is 0 Å². The van der Waals surface area contributed by atoms with Crippen LogP contribution in [0.3, 0.4) is 0 Å². The third-order valence-corrected chi connectivity index (χ3v) is 15.1. The fraction of sp³-hybridized carbons (Fsp3) is 0.400. The van der Waals surface area contributed by atoms with E-state index in [-0.39, 0.29) is 41.2 Å². The van der Waals surface area contributed by atoms with Gasteiger partial charge in [-0.15, -0.1) is 0 Å². The molecule has 2 aliphatic carbocycles. The van der Waals surface area contributed by atoms with Crippen molar-refractivity contribution >= 4 is 17.0 Å². The van der Waals surface area contributed by atoms with Crippen LogP contribution in [0.5, 0.6) is 0 Å². The molecular weight excluding hydrogens is 430 g/mol. The summed E-state index contributed by atoms with van der Waals surface area (Å²) in [6.07, 6.45) is 11.0. The predicted octanol–water partition coefficient (Wildman–Crippen LogP) is -1.18. The second-order valence-corrected chi connectivity index (χ2v) is 19.5. The maximum Gasteiger partial charge on any atom is -0.0149 e. The van der Waals surface area contributed by atoms with Crippen molar-refractivity contribution in [3.8, 4) is 0 Å². The zero-order valence-corrected chi connectivity index (χ0v) is 18.6. The molecule has 0 radical (unpaired) electrons. The van der Waals surface area contributed by atoms with Gasteiger partial charge in [0.2, 0.25) is 0 Å². The largest absolute Gasteiger partial charge is 1.00 e. The van der Waals surface area contributed by atoms with Gasteiger partial charge in [-0.25, -0.2) is 0 Å². The summed E-state index contributed by atoms with van der Waals surface area (Å²) >= 11 is -2.34. The molecule has 1 atom stereocenters. The number of hydrogen-bond donors (Lipinski definition) is 0. The Labute approximate surface area is 169 Å². The molecule has 0 saturated carbocycles. The summed E-state index contributed by atoms with van der Waals surface area (Å²) in [5.41, 5.74) is 4.84. The third kappa shape index (κ3) is 4.44. The molecule has 0 aromatic heterocycles. The molecule has 1 unspecified atom stereocenters. The monoisotopic (exact) mass is 458 g/mol. The van der Waals surface area contributed by atoms with Gasteiger partial charge >= 0.3 is 134 Å². The summed E-state index contributed by atoms with van der Waals surface area (Å²) < 4.78 is 7.70. The minimum atomic E-state index is -2.34. The average molecular weight is 461 g/mol. The van der Waals surface area contributed by atoms with Crippen molar-refractivity contribution in [1.82, 2.24) is 0 Å². The van der Waals surface area contributed by atoms with Crippen LogP contribution in [0.15, 0.2) is 51.3 Å². The number of benzene rings is 1. The van der Waals surface area contributed by atoms with E-state index in [9.17, 15) is 0 Å². The van der Waals surface area contributed by atoms with Crippen molar-refractivity contribution in [2.45, 2.75) is 40.1 Å². The van der Waals surface area contributed by atoms with Crippen LogP contribution in [-0.4, -0.2) is 11.0 Å². The van der Waals surface area contributed by atoms with Gasteiger partial charge < -0.3 is 24.8 Å². The number of halogens is 2. The first kappa shape index (κ1) is 24.1. The molecule has 0 amide bonds. The second kappa shape index (κ2) is 8.67. The Balaban J connectivity index is 0.00000176. The van der Waals surface area contributed by atoms with Gasteiger partial charge in [0.25, 0.3) is 0 Å². The number of rotatable bonds is 2. The number of hydrogen-bond acceptors (Lipinski definition) is 0. The normalized spacial score (nSPS) is 18.0. The van der Waals surface area contributed by atoms with Crippen LogP contribution in [-0.2, 0) is 20.3 Å². The zero-order valence-electron chi connectivity index (χ0n) is 14.7. The van der Waals surface area contributed by atoms with Crippen molar-refractivity contribution in [2.24, 2.45) is 5.41 Å². The first-order chi connectivity index (χ1) is 9.80. The maximum absolute atomic E-state index is 2.61. The number of allylic oxidation sites excluding steroid dienone is 5. The quantitative estimate of drug-likeness (QED) is 0.488. The Morgan fingerprint density at radius 2 is 1.67 bits per heavy atom. The minimum absolute atomic E-state index is 0. The molecule has 0 heterocycles. The summed E-state index contributed by atoms with van der Waals surface area (Å²) in [6.45, 7) is 6.97. The van der Waals surface area contributed by atoms with Gasteiger partial charge in [0.1, 0.15) is 0 Å². The Morgan fingerprint density at radius 1 is 1.04 bits per heavy atom. The summed E-state index contributed by atoms with van der Waals surface area (Å²) in [4.78, 5) is 0. The van der Waals surface area contributed by atoms with E-state index in [1.807, 2.05) is 0 Å². The first-order valence-corrected chi connectivity index (χ1v) is 15.6. The molecule has 0 saturated heterocycles. The van der Waals surface area contributed by atoms with E-state index in [4.69, 9.17) is 0 Å². The fourth-order valence-electron chi connectivity index (χ4n) is 3.58. The summed E-state index contributed by atoms with van der Waals surface area (Å²) in [5, 5.41) is 0.